The van der Waals surface area contributed by atoms with E-state index in [1.807, 2.05) is 0 Å². The van der Waals surface area contributed by atoms with Crippen molar-refractivity contribution >= 4 is 11.4 Å². The molecule has 0 N–H and O–H groups in total. The molecule has 0 aliphatic heterocycles. The smallest absolute Gasteiger partial charge is 0.0437 e. The van der Waals surface area contributed by atoms with Crippen LogP contribution in [0.4, 0.5) is 5.69 Å². The number of hydrogen-bond acceptors (Lipinski definition) is 1. The summed E-state index contributed by atoms with van der Waals surface area (Å²) in [6, 6.07) is 17.2. The first-order chi connectivity index (χ1) is 10.1. The molecule has 0 amide bonds. The molecule has 0 unspecified atom stereocenters. The molecule has 0 spiro atoms. The van der Waals surface area contributed by atoms with E-state index in [0.717, 1.165) is 12.1 Å². The highest BCUT2D eigenvalue weighted by Crippen LogP contribution is 2.26. The number of para-hydroxylation sites is 1. The molecule has 0 atom stereocenters. The van der Waals surface area contributed by atoms with Crippen LogP contribution in [-0.4, -0.2) is 7.05 Å². The quantitative estimate of drug-likeness (QED) is 0.680. The molecule has 1 heteroatoms. The van der Waals surface area contributed by atoms with E-state index in [9.17, 15) is 0 Å². The lowest BCUT2D eigenvalue weighted by molar-refractivity contribution is 0.795. The van der Waals surface area contributed by atoms with Gasteiger partial charge in [0.1, 0.15) is 0 Å². The molecule has 21 heavy (non-hydrogen) atoms. The molecular formula is C20H25N. The molecule has 0 bridgehead atoms. The van der Waals surface area contributed by atoms with Crippen molar-refractivity contribution in [3.63, 3.8) is 0 Å². The second-order valence-electron chi connectivity index (χ2n) is 5.60. The second-order valence-corrected chi connectivity index (χ2v) is 5.60. The molecule has 0 radical (unpaired) electrons. The van der Waals surface area contributed by atoms with Crippen LogP contribution in [0.25, 0.3) is 5.70 Å². The Bertz CT molecular complexity index is 613. The first kappa shape index (κ1) is 15.4. The molecule has 0 fully saturated rings. The fourth-order valence-corrected chi connectivity index (χ4v) is 2.57. The maximum Gasteiger partial charge on any atom is 0.0437 e. The molecule has 0 heterocycles. The van der Waals surface area contributed by atoms with Gasteiger partial charge < -0.3 is 4.90 Å². The van der Waals surface area contributed by atoms with E-state index in [-0.39, 0.29) is 0 Å². The van der Waals surface area contributed by atoms with Gasteiger partial charge in [-0.05, 0) is 48.6 Å². The highest BCUT2D eigenvalue weighted by molar-refractivity contribution is 5.78. The van der Waals surface area contributed by atoms with E-state index in [0.29, 0.717) is 0 Å². The molecule has 0 aliphatic rings. The highest BCUT2D eigenvalue weighted by atomic mass is 15.1. The van der Waals surface area contributed by atoms with E-state index in [2.05, 4.69) is 80.9 Å². The number of aryl methyl sites for hydroxylation is 2. The number of anilines is 1. The van der Waals surface area contributed by atoms with Gasteiger partial charge in [0, 0.05) is 18.4 Å². The van der Waals surface area contributed by atoms with Gasteiger partial charge >= 0.3 is 0 Å². The first-order valence-corrected chi connectivity index (χ1v) is 7.71. The van der Waals surface area contributed by atoms with Gasteiger partial charge in [0.15, 0.2) is 0 Å². The SMILES string of the molecule is C=C(c1cccc(CCCC)c1)N(C)c1ccccc1C. The topological polar surface area (TPSA) is 3.24 Å². The predicted octanol–water partition coefficient (Wildman–Crippen LogP) is 5.44. The van der Waals surface area contributed by atoms with Crippen molar-refractivity contribution in [3.8, 4) is 0 Å². The molecule has 2 rings (SSSR count). The van der Waals surface area contributed by atoms with Crippen LogP contribution in [0.2, 0.25) is 0 Å². The van der Waals surface area contributed by atoms with Gasteiger partial charge in [-0.15, -0.1) is 0 Å². The molecule has 2 aromatic carbocycles. The molecule has 0 aromatic heterocycles. The number of rotatable bonds is 6. The van der Waals surface area contributed by atoms with Crippen LogP contribution in [0.5, 0.6) is 0 Å². The van der Waals surface area contributed by atoms with Crippen molar-refractivity contribution in [2.75, 3.05) is 11.9 Å². The summed E-state index contributed by atoms with van der Waals surface area (Å²) < 4.78 is 0. The summed E-state index contributed by atoms with van der Waals surface area (Å²) in [5, 5.41) is 0. The Hall–Kier alpha value is -2.02. The number of unbranched alkanes of at least 4 members (excludes halogenated alkanes) is 1. The van der Waals surface area contributed by atoms with Crippen molar-refractivity contribution in [2.24, 2.45) is 0 Å². The van der Waals surface area contributed by atoms with Crippen molar-refractivity contribution in [1.82, 2.24) is 0 Å². The van der Waals surface area contributed by atoms with Crippen LogP contribution < -0.4 is 4.90 Å². The van der Waals surface area contributed by atoms with E-state index < -0.39 is 0 Å². The molecule has 0 saturated heterocycles. The number of benzene rings is 2. The summed E-state index contributed by atoms with van der Waals surface area (Å²) in [5.74, 6) is 0. The summed E-state index contributed by atoms with van der Waals surface area (Å²) in [6.07, 6.45) is 3.61. The normalized spacial score (nSPS) is 10.4. The lowest BCUT2D eigenvalue weighted by Gasteiger charge is -2.24. The Morgan fingerprint density at radius 3 is 2.57 bits per heavy atom. The lowest BCUT2D eigenvalue weighted by atomic mass is 10.0. The minimum Gasteiger partial charge on any atom is -0.344 e. The van der Waals surface area contributed by atoms with E-state index in [4.69, 9.17) is 0 Å². The summed E-state index contributed by atoms with van der Waals surface area (Å²) in [4.78, 5) is 2.17. The monoisotopic (exact) mass is 279 g/mol. The van der Waals surface area contributed by atoms with Gasteiger partial charge in [-0.2, -0.15) is 0 Å². The first-order valence-electron chi connectivity index (χ1n) is 7.71. The Labute approximate surface area is 128 Å². The van der Waals surface area contributed by atoms with Crippen LogP contribution in [-0.2, 0) is 6.42 Å². The van der Waals surface area contributed by atoms with Crippen LogP contribution in [0.1, 0.15) is 36.5 Å². The van der Waals surface area contributed by atoms with E-state index >= 15 is 0 Å². The van der Waals surface area contributed by atoms with Crippen molar-refractivity contribution < 1.29 is 0 Å². The Morgan fingerprint density at radius 2 is 1.86 bits per heavy atom. The third-order valence-corrected chi connectivity index (χ3v) is 3.96. The van der Waals surface area contributed by atoms with Gasteiger partial charge in [0.25, 0.3) is 0 Å². The van der Waals surface area contributed by atoms with Crippen LogP contribution in [0.15, 0.2) is 55.1 Å². The largest absolute Gasteiger partial charge is 0.344 e. The zero-order chi connectivity index (χ0) is 15.2. The second kappa shape index (κ2) is 7.12. The molecule has 2 aromatic rings. The third-order valence-electron chi connectivity index (χ3n) is 3.96. The van der Waals surface area contributed by atoms with Crippen LogP contribution >= 0.6 is 0 Å². The fourth-order valence-electron chi connectivity index (χ4n) is 2.57. The Balaban J connectivity index is 2.21. The van der Waals surface area contributed by atoms with Gasteiger partial charge in [-0.3, -0.25) is 0 Å². The zero-order valence-electron chi connectivity index (χ0n) is 13.4. The maximum atomic E-state index is 4.29. The minimum atomic E-state index is 1.04. The summed E-state index contributed by atoms with van der Waals surface area (Å²) >= 11 is 0. The van der Waals surface area contributed by atoms with Crippen LogP contribution in [0, 0.1) is 6.92 Å². The lowest BCUT2D eigenvalue weighted by Crippen LogP contribution is -2.15. The number of nitrogens with zero attached hydrogens (tertiary/aromatic N) is 1. The van der Waals surface area contributed by atoms with Gasteiger partial charge in [-0.25, -0.2) is 0 Å². The highest BCUT2D eigenvalue weighted by Gasteiger charge is 2.09. The summed E-state index contributed by atoms with van der Waals surface area (Å²) in [6.45, 7) is 8.66. The average Bonchev–Trinajstić information content (AvgIpc) is 2.52. The maximum absolute atomic E-state index is 4.29. The number of hydrogen-bond donors (Lipinski definition) is 0. The summed E-state index contributed by atoms with van der Waals surface area (Å²) in [7, 11) is 2.09. The van der Waals surface area contributed by atoms with Crippen molar-refractivity contribution in [1.29, 1.82) is 0 Å². The Morgan fingerprint density at radius 1 is 1.10 bits per heavy atom. The molecule has 110 valence electrons. The van der Waals surface area contributed by atoms with E-state index in [1.54, 1.807) is 0 Å². The van der Waals surface area contributed by atoms with Crippen LogP contribution in [0.3, 0.4) is 0 Å². The molecule has 0 aliphatic carbocycles. The van der Waals surface area contributed by atoms with Gasteiger partial charge in [0.05, 0.1) is 0 Å². The minimum absolute atomic E-state index is 1.04. The third kappa shape index (κ3) is 3.75. The fraction of sp³-hybridized carbons (Fsp3) is 0.300. The van der Waals surface area contributed by atoms with Crippen molar-refractivity contribution in [3.05, 3.63) is 71.8 Å². The van der Waals surface area contributed by atoms with E-state index in [1.165, 1.54) is 35.2 Å². The molecule has 0 saturated carbocycles. The van der Waals surface area contributed by atoms with Gasteiger partial charge in [-0.1, -0.05) is 56.3 Å². The zero-order valence-corrected chi connectivity index (χ0v) is 13.4. The molecular weight excluding hydrogens is 254 g/mol. The Kier molecular flexibility index (Phi) is 5.21. The predicted molar refractivity (Wildman–Crippen MR) is 93.7 cm³/mol. The van der Waals surface area contributed by atoms with Gasteiger partial charge in [0.2, 0.25) is 0 Å². The summed E-state index contributed by atoms with van der Waals surface area (Å²) in [5.41, 5.74) is 6.12. The van der Waals surface area contributed by atoms with Crippen molar-refractivity contribution in [2.45, 2.75) is 33.1 Å². The average molecular weight is 279 g/mol. The standard InChI is InChI=1S/C20H25N/c1-5-6-11-18-12-9-13-19(15-18)17(3)21(4)20-14-8-7-10-16(20)2/h7-10,12-15H,3,5-6,11H2,1-2,4H3. The molecule has 1 nitrogen and oxygen atoms in total.